The first-order valence-electron chi connectivity index (χ1n) is 14.1. The number of fused-ring (bicyclic) bond motifs is 1. The molecule has 2 aromatic carbocycles. The lowest BCUT2D eigenvalue weighted by Crippen LogP contribution is -2.60. The number of piperazine rings is 1. The molecule has 7 rings (SSSR count). The van der Waals surface area contributed by atoms with Gasteiger partial charge in [0.05, 0.1) is 0 Å². The monoisotopic (exact) mass is 521 g/mol. The predicted octanol–water partition coefficient (Wildman–Crippen LogP) is 4.90. The molecule has 39 heavy (non-hydrogen) atoms. The summed E-state index contributed by atoms with van der Waals surface area (Å²) in [5.74, 6) is 0.126. The summed E-state index contributed by atoms with van der Waals surface area (Å²) in [5.41, 5.74) is 7.60. The van der Waals surface area contributed by atoms with Crippen molar-refractivity contribution in [3.8, 4) is 22.3 Å². The number of likely N-dealkylation sites (N-methyl/N-ethyl adjacent to an activating group) is 1. The van der Waals surface area contributed by atoms with Gasteiger partial charge in [-0.05, 0) is 61.3 Å². The number of pyridine rings is 1. The molecule has 0 saturated carbocycles. The van der Waals surface area contributed by atoms with Crippen molar-refractivity contribution in [2.45, 2.75) is 12.8 Å². The molecule has 1 N–H and O–H groups in total. The molecule has 5 heterocycles. The van der Waals surface area contributed by atoms with E-state index in [9.17, 15) is 4.79 Å². The van der Waals surface area contributed by atoms with Gasteiger partial charge in [-0.2, -0.15) is 0 Å². The van der Waals surface area contributed by atoms with Gasteiger partial charge >= 0.3 is 0 Å². The van der Waals surface area contributed by atoms with E-state index in [-0.39, 0.29) is 11.3 Å². The summed E-state index contributed by atoms with van der Waals surface area (Å²) in [6.45, 7) is 7.67. The molecule has 3 aliphatic heterocycles. The number of ether oxygens (including phenoxy) is 1. The highest BCUT2D eigenvalue weighted by molar-refractivity contribution is 5.98. The first-order valence-corrected chi connectivity index (χ1v) is 14.1. The lowest BCUT2D eigenvalue weighted by Gasteiger charge is -2.52. The third-order valence-corrected chi connectivity index (χ3v) is 8.94. The van der Waals surface area contributed by atoms with Crippen LogP contribution in [0.4, 0.5) is 5.69 Å². The molecular formula is C32H35N5O2. The molecule has 200 valence electrons. The zero-order valence-corrected chi connectivity index (χ0v) is 22.5. The molecule has 1 spiro atoms. The third kappa shape index (κ3) is 4.60. The average molecular weight is 522 g/mol. The highest BCUT2D eigenvalue weighted by Crippen LogP contribution is 2.40. The number of likely N-dealkylation sites (tertiary alicyclic amines) is 1. The van der Waals surface area contributed by atoms with Crippen LogP contribution in [0.15, 0.2) is 67.0 Å². The van der Waals surface area contributed by atoms with Gasteiger partial charge in [-0.3, -0.25) is 4.79 Å². The van der Waals surface area contributed by atoms with E-state index in [0.717, 1.165) is 104 Å². The summed E-state index contributed by atoms with van der Waals surface area (Å²) in [6.07, 6.45) is 6.08. The number of hydrogen-bond acceptors (Lipinski definition) is 5. The Balaban J connectivity index is 1.08. The lowest BCUT2D eigenvalue weighted by atomic mass is 9.73. The molecule has 1 amide bonds. The summed E-state index contributed by atoms with van der Waals surface area (Å²) in [6, 6.07) is 19.1. The van der Waals surface area contributed by atoms with E-state index in [1.165, 1.54) is 5.69 Å². The Morgan fingerprint density at radius 1 is 0.897 bits per heavy atom. The minimum Gasteiger partial charge on any atom is -0.381 e. The van der Waals surface area contributed by atoms with Gasteiger partial charge in [-0.15, -0.1) is 0 Å². The van der Waals surface area contributed by atoms with Crippen molar-refractivity contribution in [3.05, 3.63) is 72.6 Å². The van der Waals surface area contributed by atoms with Gasteiger partial charge in [0.1, 0.15) is 5.65 Å². The number of aromatic amines is 1. The molecule has 7 heteroatoms. The van der Waals surface area contributed by atoms with E-state index in [0.29, 0.717) is 0 Å². The SMILES string of the molecule is CN1CCN(c2ccc(-c3cnc4[nH]cc(-c5ccc(C(=O)N6CC7(CCOCC7)C6)cc5)c4c3)cc2)CC1. The zero-order valence-electron chi connectivity index (χ0n) is 22.5. The van der Waals surface area contributed by atoms with Crippen molar-refractivity contribution in [3.63, 3.8) is 0 Å². The number of H-pyrrole nitrogens is 1. The van der Waals surface area contributed by atoms with Gasteiger partial charge in [0, 0.05) is 98.1 Å². The van der Waals surface area contributed by atoms with Crippen molar-refractivity contribution < 1.29 is 9.53 Å². The standard InChI is InChI=1S/C32H35N5O2/c1-35-12-14-36(15-13-35)27-8-6-23(7-9-27)26-18-28-29(20-34-30(28)33-19-26)24-2-4-25(5-3-24)31(38)37-21-32(22-37)10-16-39-17-11-32/h2-9,18-20H,10-17,21-22H2,1H3,(H,33,34). The number of nitrogens with zero attached hydrogens (tertiary/aromatic N) is 4. The van der Waals surface area contributed by atoms with Crippen molar-refractivity contribution >= 4 is 22.6 Å². The first kappa shape index (κ1) is 24.4. The molecule has 3 fully saturated rings. The number of carbonyl (C=O) groups excluding carboxylic acids is 1. The maximum absolute atomic E-state index is 13.1. The molecule has 3 saturated heterocycles. The fourth-order valence-electron chi connectivity index (χ4n) is 6.33. The summed E-state index contributed by atoms with van der Waals surface area (Å²) in [5, 5.41) is 1.08. The molecule has 4 aromatic rings. The van der Waals surface area contributed by atoms with Crippen molar-refractivity contribution in [1.82, 2.24) is 19.8 Å². The summed E-state index contributed by atoms with van der Waals surface area (Å²) in [4.78, 5) is 27.9. The van der Waals surface area contributed by atoms with Gasteiger partial charge in [-0.25, -0.2) is 4.98 Å². The second-order valence-electron chi connectivity index (χ2n) is 11.5. The van der Waals surface area contributed by atoms with Crippen LogP contribution < -0.4 is 4.90 Å². The topological polar surface area (TPSA) is 64.7 Å². The average Bonchev–Trinajstić information content (AvgIpc) is 3.40. The van der Waals surface area contributed by atoms with Gasteiger partial charge < -0.3 is 24.4 Å². The van der Waals surface area contributed by atoms with Crippen molar-refractivity contribution in [2.75, 3.05) is 64.4 Å². The van der Waals surface area contributed by atoms with E-state index in [1.807, 2.05) is 29.4 Å². The van der Waals surface area contributed by atoms with E-state index in [4.69, 9.17) is 9.72 Å². The van der Waals surface area contributed by atoms with Crippen molar-refractivity contribution in [1.29, 1.82) is 0 Å². The third-order valence-electron chi connectivity index (χ3n) is 8.94. The lowest BCUT2D eigenvalue weighted by molar-refractivity contribution is -0.0666. The van der Waals surface area contributed by atoms with Gasteiger partial charge in [0.15, 0.2) is 0 Å². The number of benzene rings is 2. The Bertz CT molecular complexity index is 1470. The van der Waals surface area contributed by atoms with E-state index < -0.39 is 0 Å². The molecule has 0 bridgehead atoms. The van der Waals surface area contributed by atoms with E-state index in [1.54, 1.807) is 0 Å². The summed E-state index contributed by atoms with van der Waals surface area (Å²) < 4.78 is 5.51. The highest BCUT2D eigenvalue weighted by atomic mass is 16.5. The van der Waals surface area contributed by atoms with Crippen LogP contribution in [0.5, 0.6) is 0 Å². The predicted molar refractivity (Wildman–Crippen MR) is 155 cm³/mol. The molecule has 0 aliphatic carbocycles. The number of hydrogen-bond donors (Lipinski definition) is 1. The van der Waals surface area contributed by atoms with Gasteiger partial charge in [0.25, 0.3) is 5.91 Å². The van der Waals surface area contributed by atoms with Crippen LogP contribution in [0.25, 0.3) is 33.3 Å². The maximum atomic E-state index is 13.1. The molecule has 7 nitrogen and oxygen atoms in total. The summed E-state index contributed by atoms with van der Waals surface area (Å²) >= 11 is 0. The Morgan fingerprint density at radius 3 is 2.31 bits per heavy atom. The number of rotatable bonds is 4. The minimum atomic E-state index is 0.126. The number of amides is 1. The van der Waals surface area contributed by atoms with E-state index in [2.05, 4.69) is 64.3 Å². The van der Waals surface area contributed by atoms with Crippen LogP contribution >= 0.6 is 0 Å². The van der Waals surface area contributed by atoms with Gasteiger partial charge in [0.2, 0.25) is 0 Å². The maximum Gasteiger partial charge on any atom is 0.253 e. The molecular weight excluding hydrogens is 486 g/mol. The van der Waals surface area contributed by atoms with Gasteiger partial charge in [-0.1, -0.05) is 24.3 Å². The van der Waals surface area contributed by atoms with Crippen LogP contribution in [0, 0.1) is 5.41 Å². The number of carbonyl (C=O) groups is 1. The number of aromatic nitrogens is 2. The fraction of sp³-hybridized carbons (Fsp3) is 0.375. The molecule has 0 unspecified atom stereocenters. The minimum absolute atomic E-state index is 0.126. The Hall–Kier alpha value is -3.68. The Labute approximate surface area is 229 Å². The van der Waals surface area contributed by atoms with Crippen LogP contribution in [0.2, 0.25) is 0 Å². The van der Waals surface area contributed by atoms with E-state index >= 15 is 0 Å². The van der Waals surface area contributed by atoms with Crippen LogP contribution in [0.3, 0.4) is 0 Å². The Morgan fingerprint density at radius 2 is 1.59 bits per heavy atom. The van der Waals surface area contributed by atoms with Crippen LogP contribution in [-0.2, 0) is 4.74 Å². The molecule has 3 aliphatic rings. The van der Waals surface area contributed by atoms with Crippen molar-refractivity contribution in [2.24, 2.45) is 5.41 Å². The number of nitrogens with one attached hydrogen (secondary N) is 1. The zero-order chi connectivity index (χ0) is 26.4. The second kappa shape index (κ2) is 9.81. The molecule has 0 atom stereocenters. The molecule has 2 aromatic heterocycles. The molecule has 0 radical (unpaired) electrons. The smallest absolute Gasteiger partial charge is 0.253 e. The quantitative estimate of drug-likeness (QED) is 0.414. The first-order chi connectivity index (χ1) is 19.1. The largest absolute Gasteiger partial charge is 0.381 e. The summed E-state index contributed by atoms with van der Waals surface area (Å²) in [7, 11) is 2.18. The number of anilines is 1. The Kier molecular flexibility index (Phi) is 6.13. The van der Waals surface area contributed by atoms with Crippen LogP contribution in [0.1, 0.15) is 23.2 Å². The fourth-order valence-corrected chi connectivity index (χ4v) is 6.33. The van der Waals surface area contributed by atoms with Crippen LogP contribution in [-0.4, -0.2) is 85.2 Å². The normalized spacial score (nSPS) is 19.4. The second-order valence-corrected chi connectivity index (χ2v) is 11.5. The highest BCUT2D eigenvalue weighted by Gasteiger charge is 2.45.